The molecule has 5 nitrogen and oxygen atoms in total. The first-order valence-corrected chi connectivity index (χ1v) is 11.8. The smallest absolute Gasteiger partial charge is 0.212 e. The van der Waals surface area contributed by atoms with Gasteiger partial charge >= 0.3 is 0 Å². The summed E-state index contributed by atoms with van der Waals surface area (Å²) in [5.41, 5.74) is 11.0. The maximum absolute atomic E-state index is 7.16. The first-order valence-electron chi connectivity index (χ1n) is 11.0. The van der Waals surface area contributed by atoms with Gasteiger partial charge in [-0.1, -0.05) is 36.0 Å². The predicted octanol–water partition coefficient (Wildman–Crippen LogP) is 4.62. The number of rotatable bonds is 10. The van der Waals surface area contributed by atoms with Crippen LogP contribution in [0.4, 0.5) is 5.69 Å². The summed E-state index contributed by atoms with van der Waals surface area (Å²) in [4.78, 5) is 3.79. The number of hydrogen-bond donors (Lipinski definition) is 2. The first-order chi connectivity index (χ1) is 15.3. The molecule has 0 radical (unpaired) electrons. The maximum atomic E-state index is 7.16. The number of hydrogen-bond acceptors (Lipinski definition) is 4. The normalized spacial score (nSPS) is 14.1. The van der Waals surface area contributed by atoms with Crippen molar-refractivity contribution in [2.45, 2.75) is 11.3 Å². The van der Waals surface area contributed by atoms with Gasteiger partial charge in [0.15, 0.2) is 6.20 Å². The van der Waals surface area contributed by atoms with Crippen molar-refractivity contribution < 1.29 is 4.57 Å². The van der Waals surface area contributed by atoms with Crippen LogP contribution in [0.25, 0.3) is 22.7 Å². The Morgan fingerprint density at radius 1 is 0.969 bits per heavy atom. The minimum Gasteiger partial charge on any atom is -0.676 e. The van der Waals surface area contributed by atoms with Crippen LogP contribution >= 0.6 is 24.2 Å². The van der Waals surface area contributed by atoms with Crippen LogP contribution in [0, 0.1) is 0 Å². The molecule has 32 heavy (non-hydrogen) atoms. The van der Waals surface area contributed by atoms with Gasteiger partial charge in [0.1, 0.15) is 7.05 Å². The molecule has 0 atom stereocenters. The molecule has 4 rings (SSSR count). The van der Waals surface area contributed by atoms with Gasteiger partial charge in [-0.2, -0.15) is 0 Å². The van der Waals surface area contributed by atoms with Crippen molar-refractivity contribution in [2.75, 3.05) is 44.2 Å². The molecule has 0 saturated carbocycles. The second kappa shape index (κ2) is 12.2. The zero-order chi connectivity index (χ0) is 21.5. The monoisotopic (exact) mass is 469 g/mol. The van der Waals surface area contributed by atoms with E-state index in [0.717, 1.165) is 39.1 Å². The number of aryl methyl sites for hydroxylation is 1. The highest BCUT2D eigenvalue weighted by molar-refractivity contribution is 8.03. The minimum absolute atomic E-state index is 0. The Labute approximate surface area is 201 Å². The van der Waals surface area contributed by atoms with Crippen LogP contribution in [0.5, 0.6) is 0 Å². The molecule has 0 unspecified atom stereocenters. The van der Waals surface area contributed by atoms with E-state index in [1.165, 1.54) is 32.1 Å². The lowest BCUT2D eigenvalue weighted by Crippen LogP contribution is -2.30. The highest BCUT2D eigenvalue weighted by Crippen LogP contribution is 2.46. The van der Waals surface area contributed by atoms with Gasteiger partial charge in [0.05, 0.1) is 16.1 Å². The first kappa shape index (κ1) is 24.6. The molecule has 0 fully saturated rings. The molecular weight excluding hydrogens is 438 g/mol. The standard InChI is InChI=1S/C25H31N5S.ClH/c1-29-18-11-20(21-7-2-3-8-22(21)29)19-25-30(23-9-4-5-10-24(23)31-25)17-6-13-27-15-16-28-14-12-26;/h2-5,7-11,18-19,26-28H,6,12-17H2,1H3;1H. The van der Waals surface area contributed by atoms with E-state index in [1.807, 2.05) is 11.8 Å². The van der Waals surface area contributed by atoms with Gasteiger partial charge < -0.3 is 21.3 Å². The van der Waals surface area contributed by atoms with E-state index in [0.29, 0.717) is 6.54 Å². The topological polar surface area (TPSA) is 55.0 Å². The number of nitrogens with zero attached hydrogens (tertiary/aromatic N) is 2. The third kappa shape index (κ3) is 5.82. The zero-order valence-corrected chi connectivity index (χ0v) is 20.1. The molecular formula is C25H32ClN5S. The molecule has 2 aromatic carbocycles. The molecule has 3 N–H and O–H groups in total. The Bertz CT molecular complexity index is 1060. The molecule has 7 heteroatoms. The van der Waals surface area contributed by atoms with Crippen LogP contribution in [0.1, 0.15) is 12.0 Å². The van der Waals surface area contributed by atoms with Gasteiger partial charge in [-0.3, -0.25) is 0 Å². The largest absolute Gasteiger partial charge is 0.676 e. The van der Waals surface area contributed by atoms with Gasteiger partial charge in [0.2, 0.25) is 5.52 Å². The van der Waals surface area contributed by atoms with E-state index < -0.39 is 0 Å². The summed E-state index contributed by atoms with van der Waals surface area (Å²) < 4.78 is 2.18. The molecule has 170 valence electrons. The number of pyridine rings is 1. The van der Waals surface area contributed by atoms with Gasteiger partial charge in [0.25, 0.3) is 0 Å². The summed E-state index contributed by atoms with van der Waals surface area (Å²) >= 11 is 1.86. The summed E-state index contributed by atoms with van der Waals surface area (Å²) in [5.74, 6) is 0. The van der Waals surface area contributed by atoms with Crippen molar-refractivity contribution in [2.24, 2.45) is 7.05 Å². The van der Waals surface area contributed by atoms with Crippen LogP contribution in [0.3, 0.4) is 0 Å². The van der Waals surface area contributed by atoms with Crippen molar-refractivity contribution in [3.05, 3.63) is 77.1 Å². The molecule has 0 bridgehead atoms. The Morgan fingerprint density at radius 2 is 1.72 bits per heavy atom. The van der Waals surface area contributed by atoms with Gasteiger partial charge in [0, 0.05) is 36.7 Å². The molecule has 0 aliphatic carbocycles. The lowest BCUT2D eigenvalue weighted by Gasteiger charge is -2.21. The molecule has 0 spiro atoms. The third-order valence-corrected chi connectivity index (χ3v) is 6.62. The lowest BCUT2D eigenvalue weighted by atomic mass is 10.1. The SMILES string of the molecule is C[n+]1ccc(/C=C2\Sc3ccccc3N2CCCNCCNCC[NH-])c2ccccc21.Cl. The van der Waals surface area contributed by atoms with Gasteiger partial charge in [-0.05, 0) is 49.3 Å². The number of nitrogens with one attached hydrogen (secondary N) is 3. The number of halogens is 1. The average Bonchev–Trinajstić information content (AvgIpc) is 3.15. The summed E-state index contributed by atoms with van der Waals surface area (Å²) in [6.45, 7) is 5.05. The van der Waals surface area contributed by atoms with Crippen molar-refractivity contribution in [1.29, 1.82) is 0 Å². The molecule has 0 amide bonds. The zero-order valence-electron chi connectivity index (χ0n) is 18.5. The fraction of sp³-hybridized carbons (Fsp3) is 0.320. The van der Waals surface area contributed by atoms with E-state index >= 15 is 0 Å². The molecule has 3 aromatic rings. The molecule has 1 aromatic heterocycles. The summed E-state index contributed by atoms with van der Waals surface area (Å²) in [7, 11) is 2.10. The number of thioether (sulfide) groups is 1. The Hall–Kier alpha value is -2.09. The Morgan fingerprint density at radius 3 is 2.56 bits per heavy atom. The number of aromatic nitrogens is 1. The molecule has 1 aliphatic heterocycles. The van der Waals surface area contributed by atoms with Gasteiger partial charge in [-0.15, -0.1) is 19.0 Å². The molecule has 2 heterocycles. The average molecular weight is 470 g/mol. The van der Waals surface area contributed by atoms with E-state index in [2.05, 4.69) is 94.0 Å². The fourth-order valence-electron chi connectivity index (χ4n) is 3.91. The van der Waals surface area contributed by atoms with E-state index in [-0.39, 0.29) is 12.4 Å². The highest BCUT2D eigenvalue weighted by atomic mass is 35.5. The summed E-state index contributed by atoms with van der Waals surface area (Å²) in [6.07, 6.45) is 5.56. The van der Waals surface area contributed by atoms with E-state index in [4.69, 9.17) is 5.73 Å². The van der Waals surface area contributed by atoms with Crippen molar-refractivity contribution in [3.63, 3.8) is 0 Å². The van der Waals surface area contributed by atoms with Crippen LogP contribution in [0.15, 0.2) is 70.7 Å². The maximum Gasteiger partial charge on any atom is 0.212 e. The van der Waals surface area contributed by atoms with Gasteiger partial charge in [-0.25, -0.2) is 4.57 Å². The Balaban J connectivity index is 0.00000289. The van der Waals surface area contributed by atoms with E-state index in [9.17, 15) is 0 Å². The summed E-state index contributed by atoms with van der Waals surface area (Å²) in [6, 6.07) is 19.5. The predicted molar refractivity (Wildman–Crippen MR) is 140 cm³/mol. The number of benzene rings is 2. The van der Waals surface area contributed by atoms with Crippen molar-refractivity contribution in [3.8, 4) is 0 Å². The molecule has 0 saturated heterocycles. The van der Waals surface area contributed by atoms with Crippen molar-refractivity contribution in [1.82, 2.24) is 10.6 Å². The number of fused-ring (bicyclic) bond motifs is 2. The van der Waals surface area contributed by atoms with Crippen molar-refractivity contribution >= 4 is 46.8 Å². The van der Waals surface area contributed by atoms with E-state index in [1.54, 1.807) is 0 Å². The van der Waals surface area contributed by atoms with Crippen LogP contribution < -0.4 is 20.1 Å². The van der Waals surface area contributed by atoms with Crippen LogP contribution in [0.2, 0.25) is 0 Å². The number of anilines is 1. The second-order valence-electron chi connectivity index (χ2n) is 7.71. The van der Waals surface area contributed by atoms with Crippen LogP contribution in [-0.2, 0) is 7.05 Å². The van der Waals surface area contributed by atoms with Crippen LogP contribution in [-0.4, -0.2) is 39.3 Å². The second-order valence-corrected chi connectivity index (χ2v) is 8.77. The highest BCUT2D eigenvalue weighted by Gasteiger charge is 2.24. The third-order valence-electron chi connectivity index (χ3n) is 5.50. The minimum atomic E-state index is 0. The fourth-order valence-corrected chi connectivity index (χ4v) is 5.06. The number of para-hydroxylation sites is 2. The molecule has 1 aliphatic rings. The Kier molecular flexibility index (Phi) is 9.38. The quantitative estimate of drug-likeness (QED) is 0.336. The summed E-state index contributed by atoms with van der Waals surface area (Å²) in [5, 5.41) is 9.33. The lowest BCUT2D eigenvalue weighted by molar-refractivity contribution is -0.644.